The summed E-state index contributed by atoms with van der Waals surface area (Å²) in [4.78, 5) is 0. The van der Waals surface area contributed by atoms with Crippen molar-refractivity contribution in [2.45, 2.75) is 37.3 Å². The molecule has 118 valence electrons. The van der Waals surface area contributed by atoms with Gasteiger partial charge in [-0.2, -0.15) is 0 Å². The van der Waals surface area contributed by atoms with E-state index in [1.165, 1.54) is 0 Å². The molecule has 0 aliphatic heterocycles. The molecule has 0 heterocycles. The highest BCUT2D eigenvalue weighted by atomic mass is 16.5. The number of hydrogen-bond donors (Lipinski definition) is 5. The van der Waals surface area contributed by atoms with Crippen LogP contribution in [0.1, 0.15) is 12.0 Å². The fraction of sp³-hybridized carbons (Fsp3) is 0.600. The highest BCUT2D eigenvalue weighted by Crippen LogP contribution is 2.27. The number of aliphatic hydroxyl groups is 4. The number of hydrogen-bond acceptors (Lipinski definition) is 6. The van der Waals surface area contributed by atoms with Gasteiger partial charge in [-0.15, -0.1) is 0 Å². The van der Waals surface area contributed by atoms with Crippen molar-refractivity contribution in [2.24, 2.45) is 5.92 Å². The first-order valence-corrected chi connectivity index (χ1v) is 7.07. The van der Waals surface area contributed by atoms with E-state index in [1.807, 2.05) is 0 Å². The lowest BCUT2D eigenvalue weighted by molar-refractivity contribution is -0.177. The standard InChI is InChI=1S/C15H22O6/c16-8-10-7-12(14(19)15(20)13(10)18)21-6-5-9-1-3-11(17)4-2-9/h1-4,10,12-20H,5-8H2/t10-,12-,13-,14+,15+/m1/s1. The zero-order valence-electron chi connectivity index (χ0n) is 11.7. The number of ether oxygens (including phenoxy) is 1. The van der Waals surface area contributed by atoms with Gasteiger partial charge in [-0.25, -0.2) is 0 Å². The molecular weight excluding hydrogens is 276 g/mol. The Morgan fingerprint density at radius 1 is 1.00 bits per heavy atom. The topological polar surface area (TPSA) is 110 Å². The first-order valence-electron chi connectivity index (χ1n) is 7.07. The summed E-state index contributed by atoms with van der Waals surface area (Å²) in [5.74, 6) is -0.299. The lowest BCUT2D eigenvalue weighted by atomic mass is 9.81. The van der Waals surface area contributed by atoms with Crippen molar-refractivity contribution < 1.29 is 30.3 Å². The van der Waals surface area contributed by atoms with Crippen LogP contribution in [-0.4, -0.2) is 63.2 Å². The predicted molar refractivity (Wildman–Crippen MR) is 74.8 cm³/mol. The van der Waals surface area contributed by atoms with E-state index in [2.05, 4.69) is 0 Å². The maximum atomic E-state index is 9.91. The van der Waals surface area contributed by atoms with Crippen molar-refractivity contribution in [3.05, 3.63) is 29.8 Å². The number of rotatable bonds is 5. The third-order valence-electron chi connectivity index (χ3n) is 3.99. The SMILES string of the molecule is OC[C@H]1C[C@@H](OCCc2ccc(O)cc2)[C@H](O)[C@@H](O)[C@@H]1O. The van der Waals surface area contributed by atoms with E-state index < -0.39 is 30.3 Å². The third kappa shape index (κ3) is 3.93. The maximum Gasteiger partial charge on any atom is 0.115 e. The minimum absolute atomic E-state index is 0.199. The largest absolute Gasteiger partial charge is 0.508 e. The minimum Gasteiger partial charge on any atom is -0.508 e. The Bertz CT molecular complexity index is 432. The molecule has 0 saturated heterocycles. The number of phenolic OH excluding ortho intramolecular Hbond substituents is 1. The van der Waals surface area contributed by atoms with E-state index in [1.54, 1.807) is 24.3 Å². The van der Waals surface area contributed by atoms with E-state index in [4.69, 9.17) is 4.74 Å². The molecule has 5 N–H and O–H groups in total. The summed E-state index contributed by atoms with van der Waals surface area (Å²) in [6, 6.07) is 6.75. The van der Waals surface area contributed by atoms with E-state index in [0.29, 0.717) is 19.4 Å². The molecule has 0 radical (unpaired) electrons. The molecule has 5 atom stereocenters. The van der Waals surface area contributed by atoms with Crippen LogP contribution in [0.3, 0.4) is 0 Å². The molecule has 1 aliphatic rings. The van der Waals surface area contributed by atoms with Crippen molar-refractivity contribution in [3.63, 3.8) is 0 Å². The van der Waals surface area contributed by atoms with Crippen LogP contribution < -0.4 is 0 Å². The molecular formula is C15H22O6. The quantitative estimate of drug-likeness (QED) is 0.497. The molecule has 1 aromatic rings. The predicted octanol–water partition coefficient (Wildman–Crippen LogP) is -0.585. The maximum absolute atomic E-state index is 9.91. The molecule has 1 fully saturated rings. The molecule has 0 amide bonds. The van der Waals surface area contributed by atoms with Gasteiger partial charge in [-0.1, -0.05) is 12.1 Å². The van der Waals surface area contributed by atoms with Gasteiger partial charge in [0, 0.05) is 12.5 Å². The molecule has 1 aromatic carbocycles. The monoisotopic (exact) mass is 298 g/mol. The van der Waals surface area contributed by atoms with Gasteiger partial charge in [0.25, 0.3) is 0 Å². The zero-order chi connectivity index (χ0) is 15.4. The van der Waals surface area contributed by atoms with E-state index >= 15 is 0 Å². The van der Waals surface area contributed by atoms with Gasteiger partial charge in [0.05, 0.1) is 18.8 Å². The molecule has 0 unspecified atom stereocenters. The van der Waals surface area contributed by atoms with Crippen LogP contribution >= 0.6 is 0 Å². The molecule has 1 saturated carbocycles. The average molecular weight is 298 g/mol. The molecule has 0 bridgehead atoms. The summed E-state index contributed by atoms with van der Waals surface area (Å²) in [6.07, 6.45) is -3.32. The van der Waals surface area contributed by atoms with Gasteiger partial charge < -0.3 is 30.3 Å². The summed E-state index contributed by atoms with van der Waals surface area (Å²) >= 11 is 0. The number of aromatic hydroxyl groups is 1. The Hall–Kier alpha value is -1.18. The minimum atomic E-state index is -1.31. The summed E-state index contributed by atoms with van der Waals surface area (Å²) < 4.78 is 5.59. The fourth-order valence-corrected chi connectivity index (χ4v) is 2.62. The summed E-state index contributed by atoms with van der Waals surface area (Å²) in [5.41, 5.74) is 0.984. The Labute approximate surface area is 123 Å². The zero-order valence-corrected chi connectivity index (χ0v) is 11.7. The second kappa shape index (κ2) is 7.20. The molecule has 21 heavy (non-hydrogen) atoms. The van der Waals surface area contributed by atoms with Crippen molar-refractivity contribution >= 4 is 0 Å². The smallest absolute Gasteiger partial charge is 0.115 e. The van der Waals surface area contributed by atoms with Crippen molar-refractivity contribution in [3.8, 4) is 5.75 Å². The third-order valence-corrected chi connectivity index (χ3v) is 3.99. The van der Waals surface area contributed by atoms with Crippen LogP contribution in [0.15, 0.2) is 24.3 Å². The van der Waals surface area contributed by atoms with E-state index in [0.717, 1.165) is 5.56 Å². The summed E-state index contributed by atoms with van der Waals surface area (Å²) in [7, 11) is 0. The Morgan fingerprint density at radius 3 is 2.29 bits per heavy atom. The molecule has 6 heteroatoms. The number of aliphatic hydroxyl groups excluding tert-OH is 4. The van der Waals surface area contributed by atoms with Crippen molar-refractivity contribution in [1.82, 2.24) is 0 Å². The number of phenols is 1. The van der Waals surface area contributed by atoms with Crippen LogP contribution in [0, 0.1) is 5.92 Å². The second-order valence-corrected chi connectivity index (χ2v) is 5.48. The highest BCUT2D eigenvalue weighted by Gasteiger charge is 2.42. The molecule has 1 aliphatic carbocycles. The Balaban J connectivity index is 1.85. The van der Waals surface area contributed by atoms with Gasteiger partial charge in [-0.3, -0.25) is 0 Å². The average Bonchev–Trinajstić information content (AvgIpc) is 2.49. The molecule has 0 spiro atoms. The first-order chi connectivity index (χ1) is 10.0. The summed E-state index contributed by atoms with van der Waals surface area (Å²) in [5, 5.41) is 47.7. The van der Waals surface area contributed by atoms with Crippen LogP contribution in [-0.2, 0) is 11.2 Å². The van der Waals surface area contributed by atoms with Gasteiger partial charge in [0.15, 0.2) is 0 Å². The number of benzene rings is 1. The van der Waals surface area contributed by atoms with Gasteiger partial charge in [0.2, 0.25) is 0 Å². The van der Waals surface area contributed by atoms with Crippen molar-refractivity contribution in [2.75, 3.05) is 13.2 Å². The highest BCUT2D eigenvalue weighted by molar-refractivity contribution is 5.25. The van der Waals surface area contributed by atoms with Gasteiger partial charge >= 0.3 is 0 Å². The normalized spacial score (nSPS) is 33.0. The molecule has 0 aromatic heterocycles. The Morgan fingerprint density at radius 2 is 1.67 bits per heavy atom. The van der Waals surface area contributed by atoms with Gasteiger partial charge in [0.1, 0.15) is 18.0 Å². The van der Waals surface area contributed by atoms with Gasteiger partial charge in [-0.05, 0) is 30.5 Å². The lowest BCUT2D eigenvalue weighted by Gasteiger charge is -2.39. The van der Waals surface area contributed by atoms with Crippen molar-refractivity contribution in [1.29, 1.82) is 0 Å². The lowest BCUT2D eigenvalue weighted by Crippen LogP contribution is -2.55. The van der Waals surface area contributed by atoms with E-state index in [-0.39, 0.29) is 12.4 Å². The fourth-order valence-electron chi connectivity index (χ4n) is 2.62. The molecule has 2 rings (SSSR count). The van der Waals surface area contributed by atoms with Crippen LogP contribution in [0.25, 0.3) is 0 Å². The van der Waals surface area contributed by atoms with Crippen LogP contribution in [0.4, 0.5) is 0 Å². The second-order valence-electron chi connectivity index (χ2n) is 5.48. The summed E-state index contributed by atoms with van der Waals surface area (Å²) in [6.45, 7) is 0.0796. The Kier molecular flexibility index (Phi) is 5.55. The first kappa shape index (κ1) is 16.2. The van der Waals surface area contributed by atoms with Crippen LogP contribution in [0.2, 0.25) is 0 Å². The van der Waals surface area contributed by atoms with Crippen LogP contribution in [0.5, 0.6) is 5.75 Å². The molecule has 6 nitrogen and oxygen atoms in total. The van der Waals surface area contributed by atoms with E-state index in [9.17, 15) is 25.5 Å².